The molecule has 0 bridgehead atoms. The average molecular weight is 297 g/mol. The number of nitrogens with zero attached hydrogens (tertiary/aromatic N) is 1. The average Bonchev–Trinajstić information content (AvgIpc) is 2.53. The highest BCUT2D eigenvalue weighted by molar-refractivity contribution is 6.07. The molecule has 0 saturated carbocycles. The van der Waals surface area contributed by atoms with E-state index in [1.807, 2.05) is 6.07 Å². The van der Waals surface area contributed by atoms with Crippen molar-refractivity contribution < 1.29 is 19.4 Å². The number of methoxy groups -OCH3 is 1. The summed E-state index contributed by atoms with van der Waals surface area (Å²) in [4.78, 5) is 27.0. The van der Waals surface area contributed by atoms with Crippen LogP contribution in [-0.4, -0.2) is 29.0 Å². The number of pyridine rings is 1. The fraction of sp³-hybridized carbons (Fsp3) is 0.118. The number of carbonyl (C=O) groups is 2. The fourth-order valence-electron chi connectivity index (χ4n) is 1.98. The number of hydrogen-bond donors (Lipinski definition) is 1. The van der Waals surface area contributed by atoms with Gasteiger partial charge in [0.1, 0.15) is 5.75 Å². The van der Waals surface area contributed by atoms with Crippen LogP contribution in [0.1, 0.15) is 21.5 Å². The molecule has 0 amide bonds. The number of aliphatic carboxylic acids is 1. The van der Waals surface area contributed by atoms with Crippen LogP contribution >= 0.6 is 0 Å². The lowest BCUT2D eigenvalue weighted by Crippen LogP contribution is -2.04. The zero-order valence-corrected chi connectivity index (χ0v) is 12.0. The van der Waals surface area contributed by atoms with Gasteiger partial charge >= 0.3 is 5.97 Å². The first-order valence-corrected chi connectivity index (χ1v) is 6.61. The van der Waals surface area contributed by atoms with Crippen molar-refractivity contribution in [2.24, 2.45) is 0 Å². The van der Waals surface area contributed by atoms with Crippen LogP contribution in [0, 0.1) is 0 Å². The van der Waals surface area contributed by atoms with Crippen LogP contribution in [0.3, 0.4) is 0 Å². The van der Waals surface area contributed by atoms with Gasteiger partial charge < -0.3 is 9.84 Å². The van der Waals surface area contributed by atoms with Gasteiger partial charge in [0.05, 0.1) is 13.5 Å². The summed E-state index contributed by atoms with van der Waals surface area (Å²) in [6.07, 6.45) is 6.20. The third kappa shape index (κ3) is 4.02. The Hall–Kier alpha value is -2.95. The summed E-state index contributed by atoms with van der Waals surface area (Å²) in [6, 6.07) is 8.37. The summed E-state index contributed by atoms with van der Waals surface area (Å²) in [5, 5.41) is 8.91. The number of allylic oxidation sites excluding steroid dienone is 1. The molecule has 0 atom stereocenters. The lowest BCUT2D eigenvalue weighted by atomic mass is 10.0. The normalized spacial score (nSPS) is 10.6. The molecular formula is C17H15NO4. The van der Waals surface area contributed by atoms with Crippen molar-refractivity contribution in [2.45, 2.75) is 6.42 Å². The van der Waals surface area contributed by atoms with Crippen LogP contribution in [0.4, 0.5) is 0 Å². The van der Waals surface area contributed by atoms with E-state index in [1.54, 1.807) is 42.7 Å². The molecule has 1 N–H and O–H groups in total. The van der Waals surface area contributed by atoms with Crippen LogP contribution < -0.4 is 4.74 Å². The predicted octanol–water partition coefficient (Wildman–Crippen LogP) is 2.61. The first kappa shape index (κ1) is 15.4. The smallest absolute Gasteiger partial charge is 0.307 e. The van der Waals surface area contributed by atoms with Gasteiger partial charge in [-0.3, -0.25) is 14.6 Å². The van der Waals surface area contributed by atoms with Crippen LogP contribution in [-0.2, 0) is 11.2 Å². The standard InChI is InChI=1S/C17H15NO4/c1-22-16-7-5-13(9-14(16)10-17(20)21)15(19)6-4-12-3-2-8-18-11-12/h2-9,11H,10H2,1H3,(H,20,21). The van der Waals surface area contributed by atoms with Gasteiger partial charge in [0.2, 0.25) is 0 Å². The Balaban J connectivity index is 2.22. The largest absolute Gasteiger partial charge is 0.496 e. The summed E-state index contributed by atoms with van der Waals surface area (Å²) in [6.45, 7) is 0. The highest BCUT2D eigenvalue weighted by Gasteiger charge is 2.11. The Labute approximate surface area is 127 Å². The second-order valence-corrected chi connectivity index (χ2v) is 4.58. The fourth-order valence-corrected chi connectivity index (χ4v) is 1.98. The summed E-state index contributed by atoms with van der Waals surface area (Å²) < 4.78 is 5.11. The van der Waals surface area contributed by atoms with Gasteiger partial charge in [0, 0.05) is 23.5 Å². The SMILES string of the molecule is COc1ccc(C(=O)C=Cc2cccnc2)cc1CC(=O)O. The molecule has 5 nitrogen and oxygen atoms in total. The molecule has 0 aliphatic carbocycles. The molecule has 0 fully saturated rings. The quantitative estimate of drug-likeness (QED) is 0.655. The highest BCUT2D eigenvalue weighted by atomic mass is 16.5. The molecule has 1 aromatic heterocycles. The molecule has 0 aliphatic rings. The van der Waals surface area contributed by atoms with Crippen molar-refractivity contribution in [1.29, 1.82) is 0 Å². The monoisotopic (exact) mass is 297 g/mol. The van der Waals surface area contributed by atoms with Crippen molar-refractivity contribution >= 4 is 17.8 Å². The molecule has 0 saturated heterocycles. The maximum absolute atomic E-state index is 12.2. The van der Waals surface area contributed by atoms with Crippen molar-refractivity contribution in [3.8, 4) is 5.75 Å². The number of ether oxygens (including phenoxy) is 1. The molecule has 1 aromatic carbocycles. The van der Waals surface area contributed by atoms with Crippen LogP contribution in [0.2, 0.25) is 0 Å². The van der Waals surface area contributed by atoms with Crippen molar-refractivity contribution in [2.75, 3.05) is 7.11 Å². The molecule has 1 heterocycles. The summed E-state index contributed by atoms with van der Waals surface area (Å²) in [7, 11) is 1.46. The Morgan fingerprint density at radius 2 is 2.14 bits per heavy atom. The number of carboxylic acids is 1. The van der Waals surface area contributed by atoms with Crippen LogP contribution in [0.15, 0.2) is 48.8 Å². The van der Waals surface area contributed by atoms with Gasteiger partial charge in [-0.2, -0.15) is 0 Å². The van der Waals surface area contributed by atoms with E-state index in [0.717, 1.165) is 5.56 Å². The maximum atomic E-state index is 12.2. The minimum Gasteiger partial charge on any atom is -0.496 e. The third-order valence-corrected chi connectivity index (χ3v) is 3.02. The van der Waals surface area contributed by atoms with E-state index in [0.29, 0.717) is 16.9 Å². The van der Waals surface area contributed by atoms with Crippen molar-refractivity contribution in [3.05, 3.63) is 65.5 Å². The van der Waals surface area contributed by atoms with E-state index in [-0.39, 0.29) is 12.2 Å². The second kappa shape index (κ2) is 7.17. The summed E-state index contributed by atoms with van der Waals surface area (Å²) in [5.41, 5.74) is 1.70. The number of carbonyl (C=O) groups excluding carboxylic acids is 1. The highest BCUT2D eigenvalue weighted by Crippen LogP contribution is 2.21. The summed E-state index contributed by atoms with van der Waals surface area (Å²) >= 11 is 0. The lowest BCUT2D eigenvalue weighted by molar-refractivity contribution is -0.136. The van der Waals surface area contributed by atoms with Gasteiger partial charge in [-0.25, -0.2) is 0 Å². The Kier molecular flexibility index (Phi) is 5.03. The van der Waals surface area contributed by atoms with E-state index in [2.05, 4.69) is 4.98 Å². The molecule has 2 aromatic rings. The zero-order valence-electron chi connectivity index (χ0n) is 12.0. The molecule has 2 rings (SSSR count). The Morgan fingerprint density at radius 1 is 1.32 bits per heavy atom. The lowest BCUT2D eigenvalue weighted by Gasteiger charge is -2.07. The van der Waals surface area contributed by atoms with E-state index >= 15 is 0 Å². The topological polar surface area (TPSA) is 76.5 Å². The molecule has 0 aliphatic heterocycles. The number of hydrogen-bond acceptors (Lipinski definition) is 4. The van der Waals surface area contributed by atoms with E-state index in [1.165, 1.54) is 13.2 Å². The molecule has 112 valence electrons. The van der Waals surface area contributed by atoms with Crippen molar-refractivity contribution in [1.82, 2.24) is 4.98 Å². The zero-order chi connectivity index (χ0) is 15.9. The minimum absolute atomic E-state index is 0.198. The molecule has 0 unspecified atom stereocenters. The number of aromatic nitrogens is 1. The predicted molar refractivity (Wildman–Crippen MR) is 81.9 cm³/mol. The molecule has 5 heteroatoms. The van der Waals surface area contributed by atoms with Gasteiger partial charge in [0.15, 0.2) is 5.78 Å². The first-order chi connectivity index (χ1) is 10.6. The summed E-state index contributed by atoms with van der Waals surface area (Å²) in [5.74, 6) is -0.734. The van der Waals surface area contributed by atoms with Gasteiger partial charge in [-0.05, 0) is 42.0 Å². The van der Waals surface area contributed by atoms with E-state index in [9.17, 15) is 9.59 Å². The number of benzene rings is 1. The molecule has 0 spiro atoms. The Morgan fingerprint density at radius 3 is 2.77 bits per heavy atom. The van der Waals surface area contributed by atoms with E-state index in [4.69, 9.17) is 9.84 Å². The van der Waals surface area contributed by atoms with Gasteiger partial charge in [-0.1, -0.05) is 6.07 Å². The Bertz CT molecular complexity index is 708. The number of carboxylic acid groups (broad SMARTS) is 1. The minimum atomic E-state index is -0.978. The molecule has 0 radical (unpaired) electrons. The number of ketones is 1. The third-order valence-electron chi connectivity index (χ3n) is 3.02. The number of rotatable bonds is 6. The van der Waals surface area contributed by atoms with Crippen molar-refractivity contribution in [3.63, 3.8) is 0 Å². The van der Waals surface area contributed by atoms with E-state index < -0.39 is 5.97 Å². The van der Waals surface area contributed by atoms with Crippen LogP contribution in [0.5, 0.6) is 5.75 Å². The first-order valence-electron chi connectivity index (χ1n) is 6.61. The van der Waals surface area contributed by atoms with Crippen LogP contribution in [0.25, 0.3) is 6.08 Å². The van der Waals surface area contributed by atoms with Gasteiger partial charge in [-0.15, -0.1) is 0 Å². The maximum Gasteiger partial charge on any atom is 0.307 e. The second-order valence-electron chi connectivity index (χ2n) is 4.58. The molecule has 22 heavy (non-hydrogen) atoms. The molecular weight excluding hydrogens is 282 g/mol. The van der Waals surface area contributed by atoms with Gasteiger partial charge in [0.25, 0.3) is 0 Å².